The highest BCUT2D eigenvalue weighted by molar-refractivity contribution is 14.0. The van der Waals surface area contributed by atoms with Crippen LogP contribution in [0.5, 0.6) is 11.5 Å². The summed E-state index contributed by atoms with van der Waals surface area (Å²) in [4.78, 5) is 4.88. The zero-order valence-corrected chi connectivity index (χ0v) is 20.7. The maximum atomic E-state index is 6.12. The van der Waals surface area contributed by atoms with E-state index in [1.54, 1.807) is 14.2 Å². The molecule has 0 bridgehead atoms. The molecule has 168 valence electrons. The first kappa shape index (κ1) is 23.4. The summed E-state index contributed by atoms with van der Waals surface area (Å²) in [6.07, 6.45) is 7.75. The monoisotopic (exact) mass is 529 g/mol. The highest BCUT2D eigenvalue weighted by Gasteiger charge is 2.65. The third-order valence-corrected chi connectivity index (χ3v) is 7.04. The number of rotatable bonds is 7. The van der Waals surface area contributed by atoms with Crippen molar-refractivity contribution in [2.75, 3.05) is 33.9 Å². The van der Waals surface area contributed by atoms with Crippen LogP contribution in [0.2, 0.25) is 0 Å². The van der Waals surface area contributed by atoms with Crippen molar-refractivity contribution >= 4 is 29.9 Å². The van der Waals surface area contributed by atoms with Crippen LogP contribution in [0, 0.1) is 11.3 Å². The quantitative estimate of drug-likeness (QED) is 0.320. The Morgan fingerprint density at radius 3 is 2.67 bits per heavy atom. The molecule has 1 aliphatic heterocycles. The first-order chi connectivity index (χ1) is 14.2. The van der Waals surface area contributed by atoms with E-state index in [1.807, 2.05) is 12.1 Å². The Kier molecular flexibility index (Phi) is 8.12. The average molecular weight is 529 g/mol. The van der Waals surface area contributed by atoms with Crippen LogP contribution in [0.4, 0.5) is 0 Å². The van der Waals surface area contributed by atoms with Gasteiger partial charge in [0.25, 0.3) is 0 Å². The lowest BCUT2D eigenvalue weighted by molar-refractivity contribution is -0.125. The van der Waals surface area contributed by atoms with Crippen molar-refractivity contribution in [1.82, 2.24) is 10.6 Å². The van der Waals surface area contributed by atoms with Gasteiger partial charge in [0.15, 0.2) is 17.5 Å². The molecule has 2 aliphatic carbocycles. The van der Waals surface area contributed by atoms with Gasteiger partial charge in [0.05, 0.1) is 20.3 Å². The summed E-state index contributed by atoms with van der Waals surface area (Å²) >= 11 is 0. The van der Waals surface area contributed by atoms with Crippen LogP contribution in [-0.4, -0.2) is 52.0 Å². The highest BCUT2D eigenvalue weighted by Crippen LogP contribution is 2.60. The summed E-state index contributed by atoms with van der Waals surface area (Å²) in [5.74, 6) is 3.11. The van der Waals surface area contributed by atoms with Gasteiger partial charge >= 0.3 is 0 Å². The van der Waals surface area contributed by atoms with E-state index in [2.05, 4.69) is 23.6 Å². The molecule has 3 aliphatic rings. The second-order valence-corrected chi connectivity index (χ2v) is 8.51. The molecule has 1 aromatic rings. The lowest BCUT2D eigenvalue weighted by Gasteiger charge is -2.57. The maximum Gasteiger partial charge on any atom is 0.191 e. The lowest BCUT2D eigenvalue weighted by atomic mass is 9.54. The molecule has 1 aromatic carbocycles. The number of fused-ring (bicyclic) bond motifs is 2. The SMILES string of the molecule is CCNC(=NCCc1ccc(OC)c(OC)c1)NC1C2CCOC2C12CCCC2.I. The largest absolute Gasteiger partial charge is 0.493 e. The number of hydrogen-bond acceptors (Lipinski definition) is 4. The lowest BCUT2D eigenvalue weighted by Crippen LogP contribution is -2.69. The maximum absolute atomic E-state index is 6.12. The summed E-state index contributed by atoms with van der Waals surface area (Å²) in [5.41, 5.74) is 1.53. The van der Waals surface area contributed by atoms with E-state index in [9.17, 15) is 0 Å². The molecule has 2 N–H and O–H groups in total. The molecule has 3 fully saturated rings. The fraction of sp³-hybridized carbons (Fsp3) is 0.696. The van der Waals surface area contributed by atoms with E-state index in [-0.39, 0.29) is 24.0 Å². The van der Waals surface area contributed by atoms with Crippen molar-refractivity contribution in [3.8, 4) is 11.5 Å². The molecular formula is C23H36IN3O3. The summed E-state index contributed by atoms with van der Waals surface area (Å²) < 4.78 is 16.9. The summed E-state index contributed by atoms with van der Waals surface area (Å²) in [7, 11) is 3.33. The molecule has 7 heteroatoms. The summed E-state index contributed by atoms with van der Waals surface area (Å²) in [6, 6.07) is 6.57. The van der Waals surface area contributed by atoms with E-state index in [0.29, 0.717) is 23.5 Å². The highest BCUT2D eigenvalue weighted by atomic mass is 127. The minimum Gasteiger partial charge on any atom is -0.493 e. The topological polar surface area (TPSA) is 64.1 Å². The molecule has 0 aromatic heterocycles. The van der Waals surface area contributed by atoms with Gasteiger partial charge in [-0.05, 0) is 50.3 Å². The molecule has 0 amide bonds. The van der Waals surface area contributed by atoms with Gasteiger partial charge < -0.3 is 24.8 Å². The van der Waals surface area contributed by atoms with E-state index in [0.717, 1.165) is 43.6 Å². The van der Waals surface area contributed by atoms with Crippen LogP contribution in [-0.2, 0) is 11.2 Å². The molecule has 1 saturated heterocycles. The number of ether oxygens (including phenoxy) is 3. The molecule has 1 heterocycles. The summed E-state index contributed by atoms with van der Waals surface area (Å²) in [5, 5.41) is 7.25. The van der Waals surface area contributed by atoms with Gasteiger partial charge in [-0.15, -0.1) is 24.0 Å². The van der Waals surface area contributed by atoms with Crippen molar-refractivity contribution in [1.29, 1.82) is 0 Å². The van der Waals surface area contributed by atoms with E-state index >= 15 is 0 Å². The Hall–Kier alpha value is -1.22. The second-order valence-electron chi connectivity index (χ2n) is 8.51. The number of guanidine groups is 1. The van der Waals surface area contributed by atoms with Crippen molar-refractivity contribution in [2.24, 2.45) is 16.3 Å². The number of methoxy groups -OCH3 is 2. The van der Waals surface area contributed by atoms with Gasteiger partial charge in [0, 0.05) is 37.1 Å². The van der Waals surface area contributed by atoms with Gasteiger partial charge in [-0.2, -0.15) is 0 Å². The van der Waals surface area contributed by atoms with Crippen LogP contribution in [0.25, 0.3) is 0 Å². The predicted molar refractivity (Wildman–Crippen MR) is 130 cm³/mol. The Labute approximate surface area is 197 Å². The molecule has 30 heavy (non-hydrogen) atoms. The fourth-order valence-electron chi connectivity index (χ4n) is 5.70. The molecule has 6 nitrogen and oxygen atoms in total. The zero-order chi connectivity index (χ0) is 20.3. The molecule has 0 radical (unpaired) electrons. The molecular weight excluding hydrogens is 493 g/mol. The fourth-order valence-corrected chi connectivity index (χ4v) is 5.70. The number of benzene rings is 1. The number of halogens is 1. The number of aliphatic imine (C=N–C) groups is 1. The molecule has 3 unspecified atom stereocenters. The predicted octanol–water partition coefficient (Wildman–Crippen LogP) is 3.77. The molecule has 1 spiro atoms. The Morgan fingerprint density at radius 2 is 1.97 bits per heavy atom. The van der Waals surface area contributed by atoms with Crippen molar-refractivity contribution in [3.05, 3.63) is 23.8 Å². The molecule has 2 saturated carbocycles. The zero-order valence-electron chi connectivity index (χ0n) is 18.4. The minimum absolute atomic E-state index is 0. The standard InChI is InChI=1S/C23H35N3O3.HI/c1-4-24-22(25-13-9-16-7-8-18(27-2)19(15-16)28-3)26-20-17-10-14-29-21(17)23(20)11-5-6-12-23;/h7-8,15,17,20-21H,4-6,9-14H2,1-3H3,(H2,24,25,26);1H. The normalized spacial score (nSPS) is 26.5. The number of hydrogen-bond donors (Lipinski definition) is 2. The first-order valence-electron chi connectivity index (χ1n) is 11.1. The Balaban J connectivity index is 0.00000256. The molecule has 3 atom stereocenters. The average Bonchev–Trinajstić information content (AvgIpc) is 3.40. The van der Waals surface area contributed by atoms with Crippen LogP contribution < -0.4 is 20.1 Å². The molecule has 4 rings (SSSR count). The third kappa shape index (κ3) is 4.38. The number of nitrogens with one attached hydrogen (secondary N) is 2. The minimum atomic E-state index is 0. The Bertz CT molecular complexity index is 736. The van der Waals surface area contributed by atoms with E-state index < -0.39 is 0 Å². The van der Waals surface area contributed by atoms with Crippen LogP contribution in [0.1, 0.15) is 44.6 Å². The van der Waals surface area contributed by atoms with Gasteiger partial charge in [-0.1, -0.05) is 18.9 Å². The summed E-state index contributed by atoms with van der Waals surface area (Å²) in [6.45, 7) is 4.64. The van der Waals surface area contributed by atoms with Gasteiger partial charge in [0.2, 0.25) is 0 Å². The van der Waals surface area contributed by atoms with Crippen molar-refractivity contribution < 1.29 is 14.2 Å². The first-order valence-corrected chi connectivity index (χ1v) is 11.1. The second kappa shape index (κ2) is 10.4. The van der Waals surface area contributed by atoms with Crippen LogP contribution in [0.3, 0.4) is 0 Å². The van der Waals surface area contributed by atoms with Crippen LogP contribution >= 0.6 is 24.0 Å². The van der Waals surface area contributed by atoms with Gasteiger partial charge in [-0.25, -0.2) is 0 Å². The smallest absolute Gasteiger partial charge is 0.191 e. The van der Waals surface area contributed by atoms with Crippen molar-refractivity contribution in [3.63, 3.8) is 0 Å². The van der Waals surface area contributed by atoms with Crippen LogP contribution in [0.15, 0.2) is 23.2 Å². The van der Waals surface area contributed by atoms with E-state index in [1.165, 1.54) is 37.7 Å². The van der Waals surface area contributed by atoms with E-state index in [4.69, 9.17) is 19.2 Å². The van der Waals surface area contributed by atoms with Crippen molar-refractivity contribution in [2.45, 2.75) is 57.6 Å². The third-order valence-electron chi connectivity index (χ3n) is 7.04. The Morgan fingerprint density at radius 1 is 1.20 bits per heavy atom. The van der Waals surface area contributed by atoms with Gasteiger partial charge in [-0.3, -0.25) is 4.99 Å². The number of nitrogens with zero attached hydrogens (tertiary/aromatic N) is 1. The van der Waals surface area contributed by atoms with Gasteiger partial charge in [0.1, 0.15) is 0 Å².